The first kappa shape index (κ1) is 19.4. The Balaban J connectivity index is 1.88. The normalized spacial score (nSPS) is 11.8. The molecule has 2 rings (SSSR count). The van der Waals surface area contributed by atoms with E-state index in [9.17, 15) is 4.79 Å². The topological polar surface area (TPSA) is 50.7 Å². The van der Waals surface area contributed by atoms with Crippen LogP contribution in [0.3, 0.4) is 0 Å². The first-order valence-corrected chi connectivity index (χ1v) is 8.74. The van der Waals surface area contributed by atoms with E-state index in [2.05, 4.69) is 30.4 Å². The van der Waals surface area contributed by atoms with Crippen LogP contribution in [-0.2, 0) is 4.79 Å². The number of allylic oxidation sites excluding steroid dienone is 1. The monoisotopic (exact) mass is 350 g/mol. The zero-order chi connectivity index (χ0) is 18.9. The van der Waals surface area contributed by atoms with Crippen molar-refractivity contribution in [1.82, 2.24) is 5.43 Å². The summed E-state index contributed by atoms with van der Waals surface area (Å²) in [6, 6.07) is 16.0. The fourth-order valence-corrected chi connectivity index (χ4v) is 2.47. The summed E-state index contributed by atoms with van der Waals surface area (Å²) in [6.07, 6.45) is 3.62. The van der Waals surface area contributed by atoms with E-state index in [1.165, 1.54) is 0 Å². The molecule has 0 bridgehead atoms. The van der Waals surface area contributed by atoms with Crippen LogP contribution in [0.25, 0.3) is 6.08 Å². The Labute approximate surface area is 155 Å². The van der Waals surface area contributed by atoms with Crippen molar-refractivity contribution < 1.29 is 9.53 Å². The van der Waals surface area contributed by atoms with E-state index in [1.54, 1.807) is 6.21 Å². The summed E-state index contributed by atoms with van der Waals surface area (Å²) in [6.45, 7) is 8.07. The van der Waals surface area contributed by atoms with Crippen LogP contribution < -0.4 is 10.2 Å². The first-order valence-electron chi connectivity index (χ1n) is 8.74. The number of hydrogen-bond donors (Lipinski definition) is 1. The molecular formula is C22H26N2O2. The van der Waals surface area contributed by atoms with Crippen LogP contribution in [0, 0.1) is 6.92 Å². The highest BCUT2D eigenvalue weighted by Gasteiger charge is 2.09. The van der Waals surface area contributed by atoms with Gasteiger partial charge in [0.2, 0.25) is 0 Å². The van der Waals surface area contributed by atoms with Gasteiger partial charge in [-0.2, -0.15) is 5.10 Å². The molecule has 1 N–H and O–H groups in total. The van der Waals surface area contributed by atoms with E-state index >= 15 is 0 Å². The zero-order valence-corrected chi connectivity index (χ0v) is 15.8. The van der Waals surface area contributed by atoms with Gasteiger partial charge in [0, 0.05) is 0 Å². The molecule has 0 radical (unpaired) electrons. The van der Waals surface area contributed by atoms with Gasteiger partial charge in [-0.3, -0.25) is 4.79 Å². The maximum atomic E-state index is 12.0. The molecule has 4 nitrogen and oxygen atoms in total. The quantitative estimate of drug-likeness (QED) is 0.581. The fraction of sp³-hybridized carbons (Fsp3) is 0.273. The summed E-state index contributed by atoms with van der Waals surface area (Å²) >= 11 is 0. The molecule has 0 atom stereocenters. The number of rotatable bonds is 7. The number of amides is 1. The molecular weight excluding hydrogens is 324 g/mol. The lowest BCUT2D eigenvalue weighted by atomic mass is 10.0. The molecule has 4 heteroatoms. The van der Waals surface area contributed by atoms with Crippen LogP contribution in [0.4, 0.5) is 0 Å². The fourth-order valence-electron chi connectivity index (χ4n) is 2.47. The second kappa shape index (κ2) is 9.56. The number of ether oxygens (including phenoxy) is 1. The van der Waals surface area contributed by atoms with Gasteiger partial charge in [-0.15, -0.1) is 0 Å². The number of carbonyl (C=O) groups excluding carboxylic acids is 1. The molecule has 0 saturated heterocycles. The van der Waals surface area contributed by atoms with E-state index in [-0.39, 0.29) is 12.5 Å². The van der Waals surface area contributed by atoms with Crippen LogP contribution in [0.15, 0.2) is 59.2 Å². The van der Waals surface area contributed by atoms with Gasteiger partial charge < -0.3 is 4.74 Å². The van der Waals surface area contributed by atoms with Crippen molar-refractivity contribution in [2.45, 2.75) is 33.6 Å². The average Bonchev–Trinajstić information content (AvgIpc) is 2.60. The van der Waals surface area contributed by atoms with Gasteiger partial charge in [0.05, 0.1) is 6.21 Å². The highest BCUT2D eigenvalue weighted by molar-refractivity contribution is 5.86. The van der Waals surface area contributed by atoms with Crippen molar-refractivity contribution in [2.75, 3.05) is 6.61 Å². The number of aryl methyl sites for hydroxylation is 1. The van der Waals surface area contributed by atoms with Crippen molar-refractivity contribution in [1.29, 1.82) is 0 Å². The highest BCUT2D eigenvalue weighted by atomic mass is 16.5. The second-order valence-corrected chi connectivity index (χ2v) is 6.58. The van der Waals surface area contributed by atoms with Crippen molar-refractivity contribution in [3.8, 4) is 5.75 Å². The summed E-state index contributed by atoms with van der Waals surface area (Å²) in [5.41, 5.74) is 6.72. The van der Waals surface area contributed by atoms with Gasteiger partial charge in [-0.1, -0.05) is 62.4 Å². The molecule has 0 aromatic heterocycles. The van der Waals surface area contributed by atoms with Gasteiger partial charge in [-0.25, -0.2) is 5.43 Å². The number of nitrogens with one attached hydrogen (secondary N) is 1. The van der Waals surface area contributed by atoms with Gasteiger partial charge in [0.15, 0.2) is 6.61 Å². The largest absolute Gasteiger partial charge is 0.483 e. The Morgan fingerprint density at radius 3 is 2.62 bits per heavy atom. The summed E-state index contributed by atoms with van der Waals surface area (Å²) in [5, 5.41) is 3.98. The summed E-state index contributed by atoms with van der Waals surface area (Å²) in [7, 11) is 0. The Morgan fingerprint density at radius 2 is 1.92 bits per heavy atom. The minimum absolute atomic E-state index is 0.0675. The van der Waals surface area contributed by atoms with E-state index < -0.39 is 0 Å². The molecule has 0 fully saturated rings. The first-order chi connectivity index (χ1) is 12.5. The van der Waals surface area contributed by atoms with Crippen LogP contribution >= 0.6 is 0 Å². The predicted molar refractivity (Wildman–Crippen MR) is 107 cm³/mol. The van der Waals surface area contributed by atoms with Crippen molar-refractivity contribution >= 4 is 18.2 Å². The standard InChI is InChI=1S/C22H26N2O2/c1-16(2)20-11-10-17(3)13-21(20)26-15-22(25)24-23-14-18(4)12-19-8-6-5-7-9-19/h5-14,16H,15H2,1-4H3,(H,24,25)/b18-12-,23-14-. The summed E-state index contributed by atoms with van der Waals surface area (Å²) < 4.78 is 5.69. The number of hydrogen-bond acceptors (Lipinski definition) is 3. The van der Waals surface area contributed by atoms with Crippen molar-refractivity contribution in [2.24, 2.45) is 5.10 Å². The molecule has 0 saturated carbocycles. The Morgan fingerprint density at radius 1 is 1.19 bits per heavy atom. The third-order valence-electron chi connectivity index (χ3n) is 3.80. The number of benzene rings is 2. The number of nitrogens with zero attached hydrogens (tertiary/aromatic N) is 1. The Bertz CT molecular complexity index is 793. The third-order valence-corrected chi connectivity index (χ3v) is 3.80. The minimum atomic E-state index is -0.287. The van der Waals surface area contributed by atoms with E-state index in [0.717, 1.165) is 28.0 Å². The highest BCUT2D eigenvalue weighted by Crippen LogP contribution is 2.27. The molecule has 0 aliphatic rings. The lowest BCUT2D eigenvalue weighted by molar-refractivity contribution is -0.123. The van der Waals surface area contributed by atoms with E-state index in [0.29, 0.717) is 5.92 Å². The molecule has 0 unspecified atom stereocenters. The number of carbonyl (C=O) groups is 1. The molecule has 2 aromatic rings. The molecule has 26 heavy (non-hydrogen) atoms. The van der Waals surface area contributed by atoms with Crippen molar-refractivity contribution in [3.05, 3.63) is 70.8 Å². The van der Waals surface area contributed by atoms with Gasteiger partial charge in [0.1, 0.15) is 5.75 Å². The maximum Gasteiger partial charge on any atom is 0.277 e. The molecule has 0 spiro atoms. The van der Waals surface area contributed by atoms with Crippen LogP contribution in [-0.4, -0.2) is 18.7 Å². The van der Waals surface area contributed by atoms with Crippen molar-refractivity contribution in [3.63, 3.8) is 0 Å². The van der Waals surface area contributed by atoms with Gasteiger partial charge in [0.25, 0.3) is 5.91 Å². The smallest absolute Gasteiger partial charge is 0.277 e. The number of hydrazone groups is 1. The molecule has 136 valence electrons. The Kier molecular flexibility index (Phi) is 7.15. The van der Waals surface area contributed by atoms with Crippen LogP contribution in [0.2, 0.25) is 0 Å². The lowest BCUT2D eigenvalue weighted by Crippen LogP contribution is -2.25. The minimum Gasteiger partial charge on any atom is -0.483 e. The lowest BCUT2D eigenvalue weighted by Gasteiger charge is -2.14. The maximum absolute atomic E-state index is 12.0. The third kappa shape index (κ3) is 6.20. The molecule has 0 aliphatic carbocycles. The van der Waals surface area contributed by atoms with E-state index in [4.69, 9.17) is 4.74 Å². The van der Waals surface area contributed by atoms with Crippen LogP contribution in [0.5, 0.6) is 5.75 Å². The molecule has 1 amide bonds. The molecule has 0 heterocycles. The zero-order valence-electron chi connectivity index (χ0n) is 15.8. The molecule has 2 aromatic carbocycles. The second-order valence-electron chi connectivity index (χ2n) is 6.58. The van der Waals surface area contributed by atoms with Crippen LogP contribution in [0.1, 0.15) is 43.4 Å². The Hall–Kier alpha value is -2.88. The van der Waals surface area contributed by atoms with Gasteiger partial charge in [-0.05, 0) is 48.1 Å². The average molecular weight is 350 g/mol. The summed E-state index contributed by atoms with van der Waals surface area (Å²) in [5.74, 6) is 0.793. The summed E-state index contributed by atoms with van der Waals surface area (Å²) in [4.78, 5) is 12.0. The van der Waals surface area contributed by atoms with E-state index in [1.807, 2.05) is 62.4 Å². The van der Waals surface area contributed by atoms with Gasteiger partial charge >= 0.3 is 0 Å². The predicted octanol–water partition coefficient (Wildman–Crippen LogP) is 4.70. The SMILES string of the molecule is CC(/C=N\NC(=O)COc1cc(C)ccc1C(C)C)=C/c1ccccc1. The molecule has 0 aliphatic heterocycles.